The normalized spacial score (nSPS) is 18.3. The first-order chi connectivity index (χ1) is 14.9. The van der Waals surface area contributed by atoms with Gasteiger partial charge in [-0.15, -0.1) is 5.10 Å². The number of anilines is 3. The predicted molar refractivity (Wildman–Crippen MR) is 112 cm³/mol. The number of carbonyl (C=O) groups is 1. The summed E-state index contributed by atoms with van der Waals surface area (Å²) in [6, 6.07) is -0.664. The molecule has 11 nitrogen and oxygen atoms in total. The number of carbonyl (C=O) groups excluding carboxylic acids is 1. The number of fused-ring (bicyclic) bond motifs is 1. The number of hydrogen-bond donors (Lipinski definition) is 2. The number of halogens is 1. The van der Waals surface area contributed by atoms with Crippen LogP contribution in [-0.4, -0.2) is 69.6 Å². The van der Waals surface area contributed by atoms with Crippen LogP contribution in [0.15, 0.2) is 31.2 Å². The highest BCUT2D eigenvalue weighted by atomic mass is 19.1. The second-order valence-electron chi connectivity index (χ2n) is 7.03. The standard InChI is InChI=1S/C19H23FN8O3/c1-5-15(29)22-12-9-27(7-11(12)20)14-10-28-16(30-3)6-21-18(28)17(24-14)23-13-8-26(2)25-19(13)31-4/h5-6,8,10-12H,1,7,9H2,2-4H3,(H,22,29)(H,23,24). The number of hydrogen-bond acceptors (Lipinski definition) is 8. The number of nitrogens with one attached hydrogen (secondary N) is 2. The van der Waals surface area contributed by atoms with Crippen LogP contribution in [0.25, 0.3) is 5.65 Å². The van der Waals surface area contributed by atoms with Gasteiger partial charge in [-0.2, -0.15) is 0 Å². The molecule has 4 heterocycles. The third-order valence-corrected chi connectivity index (χ3v) is 4.98. The molecule has 4 rings (SSSR count). The van der Waals surface area contributed by atoms with E-state index < -0.39 is 18.1 Å². The van der Waals surface area contributed by atoms with Gasteiger partial charge in [0.2, 0.25) is 11.8 Å². The minimum Gasteiger partial charge on any atom is -0.481 e. The highest BCUT2D eigenvalue weighted by Crippen LogP contribution is 2.31. The minimum absolute atomic E-state index is 0.0766. The Bertz CT molecular complexity index is 1130. The Labute approximate surface area is 177 Å². The van der Waals surface area contributed by atoms with E-state index in [1.54, 1.807) is 39.6 Å². The van der Waals surface area contributed by atoms with Crippen LogP contribution in [0, 0.1) is 0 Å². The summed E-state index contributed by atoms with van der Waals surface area (Å²) in [5, 5.41) is 10.0. The van der Waals surface area contributed by atoms with Crippen molar-refractivity contribution in [2.75, 3.05) is 37.5 Å². The molecule has 0 saturated carbocycles. The molecule has 1 aliphatic heterocycles. The van der Waals surface area contributed by atoms with Crippen molar-refractivity contribution in [3.8, 4) is 11.8 Å². The molecule has 2 unspecified atom stereocenters. The molecule has 1 amide bonds. The van der Waals surface area contributed by atoms with Crippen molar-refractivity contribution in [1.82, 2.24) is 29.5 Å². The van der Waals surface area contributed by atoms with E-state index in [2.05, 4.69) is 32.3 Å². The Hall–Kier alpha value is -3.83. The van der Waals surface area contributed by atoms with Crippen LogP contribution in [0.5, 0.6) is 11.8 Å². The third-order valence-electron chi connectivity index (χ3n) is 4.98. The SMILES string of the molecule is C=CC(=O)NC1CN(c2cn3c(OC)cnc3c(Nc3cn(C)nc3OC)n2)CC1F. The maximum atomic E-state index is 14.6. The molecule has 1 saturated heterocycles. The molecule has 164 valence electrons. The van der Waals surface area contributed by atoms with Gasteiger partial charge in [0.1, 0.15) is 17.7 Å². The molecule has 0 aromatic carbocycles. The van der Waals surface area contributed by atoms with Crippen molar-refractivity contribution in [3.05, 3.63) is 31.2 Å². The lowest BCUT2D eigenvalue weighted by Gasteiger charge is -2.19. The van der Waals surface area contributed by atoms with E-state index >= 15 is 0 Å². The van der Waals surface area contributed by atoms with E-state index in [0.29, 0.717) is 34.7 Å². The van der Waals surface area contributed by atoms with Gasteiger partial charge in [-0.25, -0.2) is 14.4 Å². The molecule has 0 spiro atoms. The number of rotatable bonds is 7. The van der Waals surface area contributed by atoms with Crippen LogP contribution >= 0.6 is 0 Å². The zero-order valence-electron chi connectivity index (χ0n) is 17.4. The summed E-state index contributed by atoms with van der Waals surface area (Å²) < 4.78 is 28.6. The first-order valence-corrected chi connectivity index (χ1v) is 9.52. The Morgan fingerprint density at radius 3 is 2.84 bits per heavy atom. The van der Waals surface area contributed by atoms with Crippen molar-refractivity contribution in [2.24, 2.45) is 7.05 Å². The van der Waals surface area contributed by atoms with Gasteiger partial charge < -0.3 is 25.0 Å². The maximum Gasteiger partial charge on any atom is 0.256 e. The lowest BCUT2D eigenvalue weighted by atomic mass is 10.2. The Morgan fingerprint density at radius 2 is 2.13 bits per heavy atom. The summed E-state index contributed by atoms with van der Waals surface area (Å²) in [7, 11) is 4.83. The number of ether oxygens (including phenoxy) is 2. The third kappa shape index (κ3) is 3.83. The molecule has 2 N–H and O–H groups in total. The van der Waals surface area contributed by atoms with Crippen molar-refractivity contribution in [1.29, 1.82) is 0 Å². The highest BCUT2D eigenvalue weighted by molar-refractivity contribution is 5.87. The number of imidazole rings is 1. The second kappa shape index (κ2) is 8.13. The fourth-order valence-electron chi connectivity index (χ4n) is 3.50. The lowest BCUT2D eigenvalue weighted by molar-refractivity contribution is -0.117. The molecule has 0 bridgehead atoms. The van der Waals surface area contributed by atoms with Gasteiger partial charge in [0, 0.05) is 13.6 Å². The number of aryl methyl sites for hydroxylation is 1. The van der Waals surface area contributed by atoms with Gasteiger partial charge in [-0.3, -0.25) is 13.9 Å². The zero-order chi connectivity index (χ0) is 22.1. The molecule has 31 heavy (non-hydrogen) atoms. The average Bonchev–Trinajstić information content (AvgIpc) is 3.44. The number of alkyl halides is 1. The van der Waals surface area contributed by atoms with Gasteiger partial charge in [-0.05, 0) is 6.08 Å². The largest absolute Gasteiger partial charge is 0.481 e. The second-order valence-corrected chi connectivity index (χ2v) is 7.03. The van der Waals surface area contributed by atoms with Crippen LogP contribution in [0.2, 0.25) is 0 Å². The van der Waals surface area contributed by atoms with E-state index in [4.69, 9.17) is 9.47 Å². The Kier molecular flexibility index (Phi) is 5.36. The quantitative estimate of drug-likeness (QED) is 0.535. The van der Waals surface area contributed by atoms with Gasteiger partial charge in [0.15, 0.2) is 11.5 Å². The van der Waals surface area contributed by atoms with Gasteiger partial charge in [-0.1, -0.05) is 6.58 Å². The minimum atomic E-state index is -1.25. The number of amides is 1. The smallest absolute Gasteiger partial charge is 0.256 e. The molecule has 2 atom stereocenters. The monoisotopic (exact) mass is 430 g/mol. The molecule has 0 aliphatic carbocycles. The van der Waals surface area contributed by atoms with Crippen molar-refractivity contribution in [2.45, 2.75) is 12.2 Å². The maximum absolute atomic E-state index is 14.6. The van der Waals surface area contributed by atoms with Crippen LogP contribution < -0.4 is 25.0 Å². The summed E-state index contributed by atoms with van der Waals surface area (Å²) in [6.45, 7) is 3.74. The van der Waals surface area contributed by atoms with Crippen LogP contribution in [-0.2, 0) is 11.8 Å². The fraction of sp³-hybridized carbons (Fsp3) is 0.368. The van der Waals surface area contributed by atoms with E-state index in [9.17, 15) is 9.18 Å². The van der Waals surface area contributed by atoms with E-state index in [1.807, 2.05) is 0 Å². The summed E-state index contributed by atoms with van der Waals surface area (Å²) in [6.07, 6.45) is 4.91. The topological polar surface area (TPSA) is 111 Å². The van der Waals surface area contributed by atoms with Crippen molar-refractivity contribution in [3.63, 3.8) is 0 Å². The number of nitrogens with zero attached hydrogens (tertiary/aromatic N) is 6. The van der Waals surface area contributed by atoms with Crippen LogP contribution in [0.4, 0.5) is 21.7 Å². The summed E-state index contributed by atoms with van der Waals surface area (Å²) in [5.41, 5.74) is 1.11. The first kappa shape index (κ1) is 20.4. The molecule has 1 aliphatic rings. The average molecular weight is 430 g/mol. The zero-order valence-corrected chi connectivity index (χ0v) is 17.4. The van der Waals surface area contributed by atoms with Gasteiger partial charge in [0.05, 0.1) is 45.4 Å². The van der Waals surface area contributed by atoms with E-state index in [-0.39, 0.29) is 13.1 Å². The number of aromatic nitrogens is 5. The Balaban J connectivity index is 1.71. The first-order valence-electron chi connectivity index (χ1n) is 9.52. The summed E-state index contributed by atoms with van der Waals surface area (Å²) in [5.74, 6) is 1.38. The van der Waals surface area contributed by atoms with Crippen molar-refractivity contribution >= 4 is 28.9 Å². The van der Waals surface area contributed by atoms with Gasteiger partial charge >= 0.3 is 0 Å². The summed E-state index contributed by atoms with van der Waals surface area (Å²) >= 11 is 0. The van der Waals surface area contributed by atoms with Gasteiger partial charge in [0.25, 0.3) is 5.88 Å². The summed E-state index contributed by atoms with van der Waals surface area (Å²) in [4.78, 5) is 22.4. The van der Waals surface area contributed by atoms with Crippen molar-refractivity contribution < 1.29 is 18.7 Å². The van der Waals surface area contributed by atoms with Crippen LogP contribution in [0.3, 0.4) is 0 Å². The Morgan fingerprint density at radius 1 is 1.32 bits per heavy atom. The molecular weight excluding hydrogens is 407 g/mol. The van der Waals surface area contributed by atoms with E-state index in [0.717, 1.165) is 6.08 Å². The predicted octanol–water partition coefficient (Wildman–Crippen LogP) is 1.05. The lowest BCUT2D eigenvalue weighted by Crippen LogP contribution is -2.40. The molecular formula is C19H23FN8O3. The molecule has 3 aromatic heterocycles. The highest BCUT2D eigenvalue weighted by Gasteiger charge is 2.35. The number of methoxy groups -OCH3 is 2. The molecule has 1 fully saturated rings. The van der Waals surface area contributed by atoms with E-state index in [1.165, 1.54) is 14.2 Å². The molecule has 0 radical (unpaired) electrons. The fourth-order valence-corrected chi connectivity index (χ4v) is 3.50. The molecule has 12 heteroatoms. The van der Waals surface area contributed by atoms with Crippen LogP contribution in [0.1, 0.15) is 0 Å². The molecule has 3 aromatic rings.